The van der Waals surface area contributed by atoms with Gasteiger partial charge in [0.05, 0.1) is 18.8 Å². The number of amides is 2. The molecule has 1 saturated heterocycles. The molecule has 0 saturated carbocycles. The van der Waals surface area contributed by atoms with Crippen LogP contribution in [-0.4, -0.2) is 44.8 Å². The first-order chi connectivity index (χ1) is 8.49. The number of anilines is 1. The number of nitrogens with two attached hydrogens (primary N) is 1. The van der Waals surface area contributed by atoms with E-state index in [0.29, 0.717) is 11.5 Å². The third-order valence-electron chi connectivity index (χ3n) is 2.61. The Balaban J connectivity index is 2.08. The van der Waals surface area contributed by atoms with Crippen LogP contribution in [-0.2, 0) is 9.59 Å². The minimum Gasteiger partial charge on any atom is -0.388 e. The second-order valence-electron chi connectivity index (χ2n) is 3.84. The molecule has 8 heteroatoms. The molecule has 0 aliphatic carbocycles. The molecule has 1 aliphatic rings. The van der Waals surface area contributed by atoms with E-state index in [1.165, 1.54) is 19.4 Å². The average molecular weight is 265 g/mol. The summed E-state index contributed by atoms with van der Waals surface area (Å²) in [5.74, 6) is -0.0955. The second-order valence-corrected chi connectivity index (χ2v) is 4.28. The highest BCUT2D eigenvalue weighted by atomic mass is 32.1. The molecule has 1 aromatic rings. The van der Waals surface area contributed by atoms with Gasteiger partial charge in [0.25, 0.3) is 5.91 Å². The monoisotopic (exact) mass is 265 g/mol. The molecular weight excluding hydrogens is 254 g/mol. The van der Waals surface area contributed by atoms with Crippen molar-refractivity contribution in [1.29, 1.82) is 0 Å². The number of carbonyl (C=O) groups excluding carboxylic acids is 2. The van der Waals surface area contributed by atoms with Gasteiger partial charge in [-0.3, -0.25) is 14.5 Å². The number of thiocarbonyl (C=S) groups is 1. The van der Waals surface area contributed by atoms with Gasteiger partial charge >= 0.3 is 0 Å². The lowest BCUT2D eigenvalue weighted by Gasteiger charge is -2.11. The summed E-state index contributed by atoms with van der Waals surface area (Å²) in [5.41, 5.74) is 5.79. The number of rotatable bonds is 3. The highest BCUT2D eigenvalue weighted by molar-refractivity contribution is 7.80. The van der Waals surface area contributed by atoms with Crippen LogP contribution in [0.25, 0.3) is 0 Å². The van der Waals surface area contributed by atoms with E-state index in [1.807, 2.05) is 0 Å². The standard InChI is InChI=1S/C10H11N5O2S/c1-15-8(16)2-5(10(15)17)14-7-4-12-6(3-13-7)9(11)18/h3-5H,2H2,1H3,(H2,11,18)(H,13,14). The zero-order valence-corrected chi connectivity index (χ0v) is 10.4. The predicted octanol–water partition coefficient (Wildman–Crippen LogP) is -0.720. The molecule has 0 radical (unpaired) electrons. The van der Waals surface area contributed by atoms with Crippen molar-refractivity contribution < 1.29 is 9.59 Å². The van der Waals surface area contributed by atoms with Crippen LogP contribution in [0.4, 0.5) is 5.82 Å². The maximum Gasteiger partial charge on any atom is 0.251 e. The van der Waals surface area contributed by atoms with Gasteiger partial charge in [-0.25, -0.2) is 9.97 Å². The molecule has 2 heterocycles. The maximum atomic E-state index is 11.6. The van der Waals surface area contributed by atoms with E-state index in [9.17, 15) is 9.59 Å². The highest BCUT2D eigenvalue weighted by Crippen LogP contribution is 2.15. The number of likely N-dealkylation sites (tertiary alicyclic amines) is 1. The van der Waals surface area contributed by atoms with Crippen molar-refractivity contribution in [3.8, 4) is 0 Å². The molecule has 1 fully saturated rings. The van der Waals surface area contributed by atoms with Crippen LogP contribution < -0.4 is 11.1 Å². The topological polar surface area (TPSA) is 101 Å². The van der Waals surface area contributed by atoms with Gasteiger partial charge in [0, 0.05) is 7.05 Å². The largest absolute Gasteiger partial charge is 0.388 e. The fourth-order valence-corrected chi connectivity index (χ4v) is 1.68. The summed E-state index contributed by atoms with van der Waals surface area (Å²) >= 11 is 4.75. The first-order valence-electron chi connectivity index (χ1n) is 5.18. The molecular formula is C10H11N5O2S. The van der Waals surface area contributed by atoms with E-state index in [1.54, 1.807) is 0 Å². The summed E-state index contributed by atoms with van der Waals surface area (Å²) in [7, 11) is 1.45. The Morgan fingerprint density at radius 2 is 2.22 bits per heavy atom. The Morgan fingerprint density at radius 1 is 1.50 bits per heavy atom. The van der Waals surface area contributed by atoms with Crippen LogP contribution in [0, 0.1) is 0 Å². The third-order valence-corrected chi connectivity index (χ3v) is 2.82. The van der Waals surface area contributed by atoms with Crippen molar-refractivity contribution in [3.05, 3.63) is 18.1 Å². The lowest BCUT2D eigenvalue weighted by Crippen LogP contribution is -2.32. The first-order valence-corrected chi connectivity index (χ1v) is 5.58. The van der Waals surface area contributed by atoms with Crippen LogP contribution in [0.15, 0.2) is 12.4 Å². The van der Waals surface area contributed by atoms with E-state index in [2.05, 4.69) is 15.3 Å². The van der Waals surface area contributed by atoms with Crippen molar-refractivity contribution in [2.45, 2.75) is 12.5 Å². The number of hydrogen-bond donors (Lipinski definition) is 2. The summed E-state index contributed by atoms with van der Waals surface area (Å²) in [5, 5.41) is 2.85. The summed E-state index contributed by atoms with van der Waals surface area (Å²) in [6.45, 7) is 0. The Morgan fingerprint density at radius 3 is 2.67 bits per heavy atom. The molecule has 94 valence electrons. The van der Waals surface area contributed by atoms with Crippen molar-refractivity contribution in [2.75, 3.05) is 12.4 Å². The zero-order valence-electron chi connectivity index (χ0n) is 9.58. The van der Waals surface area contributed by atoms with Crippen LogP contribution >= 0.6 is 12.2 Å². The molecule has 1 aromatic heterocycles. The molecule has 1 atom stereocenters. The molecule has 18 heavy (non-hydrogen) atoms. The number of aromatic nitrogens is 2. The van der Waals surface area contributed by atoms with Gasteiger partial charge in [-0.2, -0.15) is 0 Å². The van der Waals surface area contributed by atoms with Crippen molar-refractivity contribution in [2.24, 2.45) is 5.73 Å². The highest BCUT2D eigenvalue weighted by Gasteiger charge is 2.36. The van der Waals surface area contributed by atoms with Gasteiger partial charge in [-0.05, 0) is 0 Å². The summed E-state index contributed by atoms with van der Waals surface area (Å²) in [6.07, 6.45) is 2.95. The molecule has 2 rings (SSSR count). The van der Waals surface area contributed by atoms with E-state index in [4.69, 9.17) is 18.0 Å². The minimum absolute atomic E-state index is 0.119. The molecule has 3 N–H and O–H groups in total. The van der Waals surface area contributed by atoms with Crippen LogP contribution in [0.3, 0.4) is 0 Å². The average Bonchev–Trinajstić information content (AvgIpc) is 2.58. The van der Waals surface area contributed by atoms with Gasteiger partial charge in [-0.1, -0.05) is 12.2 Å². The SMILES string of the molecule is CN1C(=O)CC(Nc2cnc(C(N)=S)cn2)C1=O. The summed E-state index contributed by atoms with van der Waals surface area (Å²) in [6, 6.07) is -0.590. The van der Waals surface area contributed by atoms with Crippen LogP contribution in [0.1, 0.15) is 12.1 Å². The summed E-state index contributed by atoms with van der Waals surface area (Å²) in [4.78, 5) is 32.2. The lowest BCUT2D eigenvalue weighted by molar-refractivity contribution is -0.136. The van der Waals surface area contributed by atoms with Gasteiger partial charge < -0.3 is 11.1 Å². The predicted molar refractivity (Wildman–Crippen MR) is 67.7 cm³/mol. The first kappa shape index (κ1) is 12.4. The normalized spacial score (nSPS) is 19.2. The zero-order chi connectivity index (χ0) is 13.3. The fourth-order valence-electron chi connectivity index (χ4n) is 1.58. The van der Waals surface area contributed by atoms with Crippen molar-refractivity contribution in [3.63, 3.8) is 0 Å². The Kier molecular flexibility index (Phi) is 3.19. The Bertz CT molecular complexity index is 516. The molecule has 0 bridgehead atoms. The molecule has 0 aromatic carbocycles. The van der Waals surface area contributed by atoms with Crippen molar-refractivity contribution in [1.82, 2.24) is 14.9 Å². The number of imide groups is 1. The van der Waals surface area contributed by atoms with Gasteiger partial charge in [0.2, 0.25) is 5.91 Å². The van der Waals surface area contributed by atoms with Gasteiger partial charge in [0.1, 0.15) is 22.5 Å². The molecule has 1 aliphatic heterocycles. The van der Waals surface area contributed by atoms with Crippen LogP contribution in [0.5, 0.6) is 0 Å². The Labute approximate surface area is 108 Å². The van der Waals surface area contributed by atoms with E-state index in [-0.39, 0.29) is 23.2 Å². The fraction of sp³-hybridized carbons (Fsp3) is 0.300. The molecule has 0 spiro atoms. The molecule has 2 amide bonds. The van der Waals surface area contributed by atoms with Crippen LogP contribution in [0.2, 0.25) is 0 Å². The quantitative estimate of drug-likeness (QED) is 0.549. The number of carbonyl (C=O) groups is 2. The van der Waals surface area contributed by atoms with E-state index in [0.717, 1.165) is 4.90 Å². The second kappa shape index (κ2) is 4.65. The minimum atomic E-state index is -0.590. The summed E-state index contributed by atoms with van der Waals surface area (Å²) < 4.78 is 0. The smallest absolute Gasteiger partial charge is 0.251 e. The number of nitrogens with zero attached hydrogens (tertiary/aromatic N) is 3. The molecule has 7 nitrogen and oxygen atoms in total. The lowest BCUT2D eigenvalue weighted by atomic mass is 10.2. The van der Waals surface area contributed by atoms with E-state index >= 15 is 0 Å². The Hall–Kier alpha value is -2.09. The van der Waals surface area contributed by atoms with E-state index < -0.39 is 6.04 Å². The van der Waals surface area contributed by atoms with Crippen molar-refractivity contribution >= 4 is 34.8 Å². The molecule has 1 unspecified atom stereocenters. The maximum absolute atomic E-state index is 11.6. The third kappa shape index (κ3) is 2.28. The number of likely N-dealkylation sites (N-methyl/N-ethyl adjacent to an activating group) is 1. The number of hydrogen-bond acceptors (Lipinski definition) is 6. The number of nitrogens with one attached hydrogen (secondary N) is 1. The van der Waals surface area contributed by atoms with Gasteiger partial charge in [0.15, 0.2) is 0 Å². The van der Waals surface area contributed by atoms with Gasteiger partial charge in [-0.15, -0.1) is 0 Å².